The number of halogens is 1. The number of esters is 1. The zero-order valence-corrected chi connectivity index (χ0v) is 10.4. The Balaban J connectivity index is 2.50. The molecule has 0 amide bonds. The molecule has 6 heteroatoms. The van der Waals surface area contributed by atoms with E-state index in [1.54, 1.807) is 0 Å². The summed E-state index contributed by atoms with van der Waals surface area (Å²) in [6.07, 6.45) is 2.24. The first-order valence-corrected chi connectivity index (χ1v) is 5.71. The molecule has 4 nitrogen and oxygen atoms in total. The van der Waals surface area contributed by atoms with E-state index in [-0.39, 0.29) is 5.82 Å². The second-order valence-corrected chi connectivity index (χ2v) is 4.56. The van der Waals surface area contributed by atoms with Gasteiger partial charge in [0.2, 0.25) is 5.82 Å². The average Bonchev–Trinajstić information content (AvgIpc) is 3.04. The molecule has 2 rings (SSSR count). The molecule has 1 fully saturated rings. The zero-order valence-electron chi connectivity index (χ0n) is 8.04. The van der Waals surface area contributed by atoms with E-state index < -0.39 is 5.97 Å². The van der Waals surface area contributed by atoms with E-state index in [9.17, 15) is 4.79 Å². The van der Waals surface area contributed by atoms with Crippen molar-refractivity contribution in [3.05, 3.63) is 20.6 Å². The number of ether oxygens (including phenoxy) is 1. The van der Waals surface area contributed by atoms with Gasteiger partial charge in [-0.3, -0.25) is 0 Å². The molecule has 1 heterocycles. The SMILES string of the molecule is COC(=O)c1nc(=S)c(Br)c(C2CC2)[nH]1. The fourth-order valence-corrected chi connectivity index (χ4v) is 2.04. The minimum absolute atomic E-state index is 0.174. The van der Waals surface area contributed by atoms with Crippen molar-refractivity contribution < 1.29 is 9.53 Å². The van der Waals surface area contributed by atoms with Crippen LogP contribution in [0.25, 0.3) is 0 Å². The van der Waals surface area contributed by atoms with Crippen LogP contribution in [-0.2, 0) is 4.74 Å². The molecule has 1 saturated carbocycles. The molecule has 0 aliphatic heterocycles. The summed E-state index contributed by atoms with van der Waals surface area (Å²) in [5.41, 5.74) is 0.954. The third-order valence-corrected chi connectivity index (χ3v) is 3.62. The van der Waals surface area contributed by atoms with E-state index in [4.69, 9.17) is 12.2 Å². The fourth-order valence-electron chi connectivity index (χ4n) is 1.32. The third kappa shape index (κ3) is 2.10. The molecule has 0 bridgehead atoms. The maximum absolute atomic E-state index is 11.3. The number of hydrogen-bond acceptors (Lipinski definition) is 4. The number of aromatic amines is 1. The van der Waals surface area contributed by atoms with E-state index in [0.29, 0.717) is 10.6 Å². The van der Waals surface area contributed by atoms with E-state index in [2.05, 4.69) is 30.6 Å². The van der Waals surface area contributed by atoms with Crippen molar-refractivity contribution >= 4 is 34.1 Å². The van der Waals surface area contributed by atoms with Crippen LogP contribution >= 0.6 is 28.1 Å². The van der Waals surface area contributed by atoms with Gasteiger partial charge >= 0.3 is 5.97 Å². The third-order valence-electron chi connectivity index (χ3n) is 2.25. The van der Waals surface area contributed by atoms with E-state index >= 15 is 0 Å². The Morgan fingerprint density at radius 3 is 2.87 bits per heavy atom. The number of carbonyl (C=O) groups is 1. The topological polar surface area (TPSA) is 55.0 Å². The lowest BCUT2D eigenvalue weighted by molar-refractivity contribution is 0.0586. The van der Waals surface area contributed by atoms with Crippen LogP contribution in [-0.4, -0.2) is 23.0 Å². The van der Waals surface area contributed by atoms with Crippen LogP contribution in [0.15, 0.2) is 4.47 Å². The first kappa shape index (κ1) is 10.8. The van der Waals surface area contributed by atoms with Gasteiger partial charge < -0.3 is 9.72 Å². The Hall–Kier alpha value is -0.750. The van der Waals surface area contributed by atoms with Crippen LogP contribution in [0.2, 0.25) is 0 Å². The first-order valence-electron chi connectivity index (χ1n) is 4.51. The van der Waals surface area contributed by atoms with Crippen LogP contribution in [0.4, 0.5) is 0 Å². The maximum Gasteiger partial charge on any atom is 0.374 e. The second-order valence-electron chi connectivity index (χ2n) is 3.38. The lowest BCUT2D eigenvalue weighted by Crippen LogP contribution is -2.09. The van der Waals surface area contributed by atoms with Crippen molar-refractivity contribution in [2.75, 3.05) is 7.11 Å². The van der Waals surface area contributed by atoms with Crippen molar-refractivity contribution in [3.63, 3.8) is 0 Å². The van der Waals surface area contributed by atoms with Crippen molar-refractivity contribution in [1.82, 2.24) is 9.97 Å². The Morgan fingerprint density at radius 2 is 2.33 bits per heavy atom. The van der Waals surface area contributed by atoms with Crippen LogP contribution in [0.3, 0.4) is 0 Å². The van der Waals surface area contributed by atoms with Gasteiger partial charge in [0.15, 0.2) is 0 Å². The normalized spacial score (nSPS) is 15.1. The molecule has 80 valence electrons. The number of aromatic nitrogens is 2. The molecule has 0 saturated heterocycles. The molecular formula is C9H9BrN2O2S. The molecule has 15 heavy (non-hydrogen) atoms. The Labute approximate surface area is 100 Å². The number of carbonyl (C=O) groups excluding carboxylic acids is 1. The molecule has 0 spiro atoms. The van der Waals surface area contributed by atoms with Gasteiger partial charge in [0.1, 0.15) is 4.64 Å². The van der Waals surface area contributed by atoms with Crippen molar-refractivity contribution in [1.29, 1.82) is 0 Å². The highest BCUT2D eigenvalue weighted by molar-refractivity contribution is 9.10. The van der Waals surface area contributed by atoms with Gasteiger partial charge in [-0.25, -0.2) is 9.78 Å². The second kappa shape index (κ2) is 4.02. The van der Waals surface area contributed by atoms with E-state index in [0.717, 1.165) is 23.0 Å². The summed E-state index contributed by atoms with van der Waals surface area (Å²) in [6, 6.07) is 0. The lowest BCUT2D eigenvalue weighted by Gasteiger charge is -2.05. The van der Waals surface area contributed by atoms with Gasteiger partial charge in [-0.05, 0) is 28.8 Å². The molecule has 1 aliphatic rings. The number of hydrogen-bond donors (Lipinski definition) is 1. The highest BCUT2D eigenvalue weighted by atomic mass is 79.9. The Morgan fingerprint density at radius 1 is 1.67 bits per heavy atom. The number of nitrogens with zero attached hydrogens (tertiary/aromatic N) is 1. The quantitative estimate of drug-likeness (QED) is 0.671. The number of H-pyrrole nitrogens is 1. The molecule has 0 atom stereocenters. The largest absolute Gasteiger partial charge is 0.463 e. The van der Waals surface area contributed by atoms with Crippen molar-refractivity contribution in [2.45, 2.75) is 18.8 Å². The van der Waals surface area contributed by atoms with Crippen molar-refractivity contribution in [3.8, 4) is 0 Å². The van der Waals surface area contributed by atoms with E-state index in [1.165, 1.54) is 7.11 Å². The molecule has 1 N–H and O–H groups in total. The van der Waals surface area contributed by atoms with Crippen molar-refractivity contribution in [2.24, 2.45) is 0 Å². The Kier molecular flexibility index (Phi) is 2.88. The molecule has 1 aromatic heterocycles. The summed E-state index contributed by atoms with van der Waals surface area (Å²) in [6.45, 7) is 0. The Bertz CT molecular complexity index is 468. The van der Waals surface area contributed by atoms with Gasteiger partial charge in [-0.2, -0.15) is 0 Å². The molecule has 0 unspecified atom stereocenters. The highest BCUT2D eigenvalue weighted by Crippen LogP contribution is 2.42. The molecule has 1 aliphatic carbocycles. The number of methoxy groups -OCH3 is 1. The molecule has 1 aromatic rings. The van der Waals surface area contributed by atoms with Crippen LogP contribution < -0.4 is 0 Å². The minimum Gasteiger partial charge on any atom is -0.463 e. The summed E-state index contributed by atoms with van der Waals surface area (Å²) in [4.78, 5) is 18.2. The standard InChI is InChI=1S/C9H9BrN2O2S/c1-14-9(13)7-11-6(4-2-3-4)5(10)8(15)12-7/h4H,2-3H2,1H3,(H,11,12,15). The fraction of sp³-hybridized carbons (Fsp3) is 0.444. The monoisotopic (exact) mass is 288 g/mol. The van der Waals surface area contributed by atoms with Crippen LogP contribution in [0.1, 0.15) is 35.1 Å². The predicted octanol–water partition coefficient (Wildman–Crippen LogP) is 2.57. The average molecular weight is 289 g/mol. The van der Waals surface area contributed by atoms with Gasteiger partial charge in [0.25, 0.3) is 0 Å². The lowest BCUT2D eigenvalue weighted by atomic mass is 10.3. The van der Waals surface area contributed by atoms with Crippen LogP contribution in [0.5, 0.6) is 0 Å². The highest BCUT2D eigenvalue weighted by Gasteiger charge is 2.28. The summed E-state index contributed by atoms with van der Waals surface area (Å²) in [7, 11) is 1.32. The molecule has 0 aromatic carbocycles. The van der Waals surface area contributed by atoms with Gasteiger partial charge in [0.05, 0.1) is 11.6 Å². The summed E-state index contributed by atoms with van der Waals surface area (Å²) < 4.78 is 5.78. The molecule has 0 radical (unpaired) electrons. The summed E-state index contributed by atoms with van der Waals surface area (Å²) >= 11 is 8.43. The van der Waals surface area contributed by atoms with Gasteiger partial charge in [0, 0.05) is 11.6 Å². The predicted molar refractivity (Wildman–Crippen MR) is 60.4 cm³/mol. The smallest absolute Gasteiger partial charge is 0.374 e. The summed E-state index contributed by atoms with van der Waals surface area (Å²) in [5.74, 6) is 0.149. The van der Waals surface area contributed by atoms with Gasteiger partial charge in [-0.1, -0.05) is 12.2 Å². The van der Waals surface area contributed by atoms with Crippen LogP contribution in [0, 0.1) is 4.64 Å². The van der Waals surface area contributed by atoms with Gasteiger partial charge in [-0.15, -0.1) is 0 Å². The minimum atomic E-state index is -0.490. The number of rotatable bonds is 2. The van der Waals surface area contributed by atoms with E-state index in [1.807, 2.05) is 0 Å². The first-order chi connectivity index (χ1) is 7.13. The molecular weight excluding hydrogens is 280 g/mol. The zero-order chi connectivity index (χ0) is 11.0. The number of nitrogens with one attached hydrogen (secondary N) is 1. The summed E-state index contributed by atoms with van der Waals surface area (Å²) in [5, 5.41) is 0. The maximum atomic E-state index is 11.3.